The molecule has 6 heteroatoms. The molecule has 0 radical (unpaired) electrons. The molecule has 0 aliphatic carbocycles. The molecule has 0 spiro atoms. The Labute approximate surface area is 161 Å². The molecule has 9 N–H and O–H groups in total. The Hall–Kier alpha value is -1.02. The predicted octanol–water partition coefficient (Wildman–Crippen LogP) is 1.86. The summed E-state index contributed by atoms with van der Waals surface area (Å²) < 4.78 is 0.990. The van der Waals surface area contributed by atoms with Crippen molar-refractivity contribution in [3.63, 3.8) is 0 Å². The number of unbranched alkanes of at least 4 members (excludes halogenated alkanes) is 5. The first-order valence-corrected chi connectivity index (χ1v) is 9.56. The second-order valence-corrected chi connectivity index (χ2v) is 7.21. The van der Waals surface area contributed by atoms with Gasteiger partial charge in [0, 0.05) is 18.7 Å². The highest BCUT2D eigenvalue weighted by atomic mass is 16.0. The van der Waals surface area contributed by atoms with E-state index in [4.69, 9.17) is 22.9 Å². The Morgan fingerprint density at radius 3 is 1.31 bits per heavy atom. The number of nitrogens with zero attached hydrogens (tertiary/aromatic N) is 1. The fraction of sp³-hybridized carbons (Fsp3) is 0.700. The third-order valence-corrected chi connectivity index (χ3v) is 3.32. The van der Waals surface area contributed by atoms with Crippen LogP contribution < -0.4 is 22.9 Å². The topological polar surface area (TPSA) is 134 Å². The van der Waals surface area contributed by atoms with Crippen molar-refractivity contribution in [3.8, 4) is 0 Å². The van der Waals surface area contributed by atoms with E-state index < -0.39 is 0 Å². The van der Waals surface area contributed by atoms with E-state index in [1.54, 1.807) is 0 Å². The van der Waals surface area contributed by atoms with E-state index in [0.717, 1.165) is 24.1 Å². The van der Waals surface area contributed by atoms with Gasteiger partial charge in [0.25, 0.3) is 0 Å². The lowest BCUT2D eigenvalue weighted by atomic mass is 10.1. The van der Waals surface area contributed by atoms with Crippen molar-refractivity contribution in [1.82, 2.24) is 0 Å². The molecule has 0 atom stereocenters. The van der Waals surface area contributed by atoms with Crippen molar-refractivity contribution in [2.45, 2.75) is 45.1 Å². The van der Waals surface area contributed by atoms with Crippen LogP contribution in [0, 0.1) is 0 Å². The first kappa shape index (κ1) is 29.7. The minimum atomic E-state index is 0. The largest absolute Gasteiger partial charge is 0.870 e. The molecule has 1 rings (SSSR count). The second-order valence-electron chi connectivity index (χ2n) is 7.21. The van der Waals surface area contributed by atoms with Crippen LogP contribution in [0.4, 0.5) is 0 Å². The van der Waals surface area contributed by atoms with Gasteiger partial charge in [-0.3, -0.25) is 0 Å². The fourth-order valence-electron chi connectivity index (χ4n) is 2.13. The van der Waals surface area contributed by atoms with Crippen LogP contribution in [-0.4, -0.2) is 57.3 Å². The summed E-state index contributed by atoms with van der Waals surface area (Å²) in [4.78, 5) is 0. The molecular formula is C20H45N5O. The van der Waals surface area contributed by atoms with Gasteiger partial charge in [0.05, 0.1) is 21.1 Å². The van der Waals surface area contributed by atoms with Crippen LogP contribution in [0.2, 0.25) is 0 Å². The Kier molecular flexibility index (Phi) is 25.2. The summed E-state index contributed by atoms with van der Waals surface area (Å²) in [7, 11) is 6.60. The highest BCUT2D eigenvalue weighted by Crippen LogP contribution is 2.05. The number of quaternary nitrogens is 1. The van der Waals surface area contributed by atoms with Gasteiger partial charge in [-0.05, 0) is 25.9 Å². The van der Waals surface area contributed by atoms with Crippen molar-refractivity contribution < 1.29 is 9.96 Å². The minimum absolute atomic E-state index is 0. The van der Waals surface area contributed by atoms with Crippen LogP contribution in [0.5, 0.6) is 0 Å². The number of nitrogens with two attached hydrogens (primary N) is 4. The van der Waals surface area contributed by atoms with Gasteiger partial charge in [0.1, 0.15) is 6.54 Å². The molecule has 1 aromatic rings. The Balaban J connectivity index is -0.000000329. The zero-order valence-corrected chi connectivity index (χ0v) is 17.4. The number of benzene rings is 1. The summed E-state index contributed by atoms with van der Waals surface area (Å²) in [6.07, 6.45) is 7.61. The molecule has 0 unspecified atom stereocenters. The van der Waals surface area contributed by atoms with Crippen LogP contribution in [0.25, 0.3) is 0 Å². The summed E-state index contributed by atoms with van der Waals surface area (Å²) in [5.74, 6) is 0. The molecule has 0 aliphatic heterocycles. The van der Waals surface area contributed by atoms with Gasteiger partial charge in [-0.1, -0.05) is 56.0 Å². The molecule has 0 aliphatic rings. The zero-order valence-electron chi connectivity index (χ0n) is 17.4. The number of hydrogen-bond acceptors (Lipinski definition) is 5. The predicted molar refractivity (Wildman–Crippen MR) is 114 cm³/mol. The van der Waals surface area contributed by atoms with E-state index in [1.165, 1.54) is 44.1 Å². The van der Waals surface area contributed by atoms with Crippen molar-refractivity contribution in [1.29, 1.82) is 0 Å². The molecule has 1 aromatic carbocycles. The summed E-state index contributed by atoms with van der Waals surface area (Å²) in [5, 5.41) is 0. The lowest BCUT2D eigenvalue weighted by molar-refractivity contribution is -0.884. The molecule has 0 heterocycles. The Bertz CT molecular complexity index is 345. The third-order valence-electron chi connectivity index (χ3n) is 3.32. The molecule has 0 saturated heterocycles. The normalized spacial score (nSPS) is 9.96. The van der Waals surface area contributed by atoms with Gasteiger partial charge >= 0.3 is 0 Å². The quantitative estimate of drug-likeness (QED) is 0.368. The molecule has 0 saturated carbocycles. The fourth-order valence-corrected chi connectivity index (χ4v) is 2.13. The van der Waals surface area contributed by atoms with E-state index >= 15 is 0 Å². The maximum atomic E-state index is 5.35. The Morgan fingerprint density at radius 2 is 1.00 bits per heavy atom. The van der Waals surface area contributed by atoms with Gasteiger partial charge in [0.2, 0.25) is 0 Å². The molecule has 0 amide bonds. The lowest BCUT2D eigenvalue weighted by Gasteiger charge is -2.23. The van der Waals surface area contributed by atoms with Gasteiger partial charge in [-0.25, -0.2) is 0 Å². The standard InChI is InChI=1S/C10H16N.C8H20N2.C2H8N2.H2O/c1-11(2,3)9-10-7-5-4-6-8-10;9-7-5-3-1-2-4-6-8-10;3-1-2-4;/h4-8H,9H2,1-3H3;1-10H2;1-4H2;1H2/q+1;;;/p-1. The molecule has 0 aromatic heterocycles. The highest BCUT2D eigenvalue weighted by Gasteiger charge is 2.06. The Morgan fingerprint density at radius 1 is 0.615 bits per heavy atom. The molecular weight excluding hydrogens is 326 g/mol. The van der Waals surface area contributed by atoms with E-state index in [0.29, 0.717) is 13.1 Å². The maximum Gasteiger partial charge on any atom is 0.104 e. The average Bonchev–Trinajstić information content (AvgIpc) is 2.58. The van der Waals surface area contributed by atoms with Crippen molar-refractivity contribution in [2.24, 2.45) is 22.9 Å². The summed E-state index contributed by atoms with van der Waals surface area (Å²) >= 11 is 0. The van der Waals surface area contributed by atoms with E-state index in [2.05, 4.69) is 51.5 Å². The monoisotopic (exact) mass is 371 g/mol. The first-order chi connectivity index (χ1) is 11.9. The molecule has 26 heavy (non-hydrogen) atoms. The van der Waals surface area contributed by atoms with Crippen LogP contribution in [0.3, 0.4) is 0 Å². The molecule has 0 bridgehead atoms. The molecule has 0 fully saturated rings. The first-order valence-electron chi connectivity index (χ1n) is 9.56. The maximum absolute atomic E-state index is 5.35. The smallest absolute Gasteiger partial charge is 0.104 e. The second kappa shape index (κ2) is 22.0. The van der Waals surface area contributed by atoms with Gasteiger partial charge in [-0.15, -0.1) is 0 Å². The van der Waals surface area contributed by atoms with E-state index in [-0.39, 0.29) is 5.48 Å². The number of rotatable bonds is 10. The summed E-state index contributed by atoms with van der Waals surface area (Å²) in [6, 6.07) is 10.6. The van der Waals surface area contributed by atoms with E-state index in [1.807, 2.05) is 0 Å². The van der Waals surface area contributed by atoms with Crippen LogP contribution in [0.15, 0.2) is 30.3 Å². The SMILES string of the molecule is C[N+](C)(C)Cc1ccccc1.NCCCCCCCCN.NCCN.[OH-]. The van der Waals surface area contributed by atoms with Crippen molar-refractivity contribution in [2.75, 3.05) is 47.3 Å². The third kappa shape index (κ3) is 27.8. The van der Waals surface area contributed by atoms with Crippen molar-refractivity contribution in [3.05, 3.63) is 35.9 Å². The summed E-state index contributed by atoms with van der Waals surface area (Å²) in [6.45, 7) is 3.98. The number of hydrogen-bond donors (Lipinski definition) is 4. The minimum Gasteiger partial charge on any atom is -0.870 e. The van der Waals surface area contributed by atoms with Gasteiger partial charge < -0.3 is 32.9 Å². The summed E-state index contributed by atoms with van der Waals surface area (Å²) in [5.41, 5.74) is 21.9. The lowest BCUT2D eigenvalue weighted by Crippen LogP contribution is -2.33. The van der Waals surface area contributed by atoms with Crippen LogP contribution in [-0.2, 0) is 6.54 Å². The average molecular weight is 372 g/mol. The molecule has 6 nitrogen and oxygen atoms in total. The molecule has 156 valence electrons. The van der Waals surface area contributed by atoms with Crippen LogP contribution in [0.1, 0.15) is 44.1 Å². The van der Waals surface area contributed by atoms with Gasteiger partial charge in [-0.2, -0.15) is 0 Å². The van der Waals surface area contributed by atoms with E-state index in [9.17, 15) is 0 Å². The zero-order chi connectivity index (χ0) is 19.4. The van der Waals surface area contributed by atoms with Gasteiger partial charge in [0.15, 0.2) is 0 Å². The van der Waals surface area contributed by atoms with Crippen LogP contribution >= 0.6 is 0 Å². The van der Waals surface area contributed by atoms with Crippen molar-refractivity contribution >= 4 is 0 Å². The highest BCUT2D eigenvalue weighted by molar-refractivity contribution is 5.13.